The highest BCUT2D eigenvalue weighted by molar-refractivity contribution is 6.04. The number of carbonyl (C=O) groups excluding carboxylic acids is 1. The van der Waals surface area contributed by atoms with Crippen molar-refractivity contribution >= 4 is 16.8 Å². The Kier molecular flexibility index (Phi) is 2.18. The summed E-state index contributed by atoms with van der Waals surface area (Å²) in [5, 5.41) is 9.71. The maximum absolute atomic E-state index is 12.6. The Morgan fingerprint density at radius 1 is 1.42 bits per heavy atom. The summed E-state index contributed by atoms with van der Waals surface area (Å²) < 4.78 is 0. The van der Waals surface area contributed by atoms with Crippen LogP contribution < -0.4 is 5.43 Å². The van der Waals surface area contributed by atoms with Crippen molar-refractivity contribution in [3.05, 3.63) is 30.0 Å². The van der Waals surface area contributed by atoms with Crippen LogP contribution in [0.15, 0.2) is 24.3 Å². The van der Waals surface area contributed by atoms with E-state index in [1.54, 1.807) is 5.01 Å². The van der Waals surface area contributed by atoms with Gasteiger partial charge in [0.15, 0.2) is 5.69 Å². The van der Waals surface area contributed by atoms with E-state index in [0.29, 0.717) is 5.69 Å². The van der Waals surface area contributed by atoms with Crippen LogP contribution in [-0.4, -0.2) is 51.8 Å². The van der Waals surface area contributed by atoms with E-state index in [1.807, 2.05) is 24.3 Å². The monoisotopic (exact) mass is 257 g/mol. The van der Waals surface area contributed by atoms with Gasteiger partial charge in [0.2, 0.25) is 0 Å². The number of amides is 1. The third-order valence-electron chi connectivity index (χ3n) is 4.07. The zero-order valence-electron chi connectivity index (χ0n) is 10.6. The summed E-state index contributed by atoms with van der Waals surface area (Å²) in [6.45, 7) is 0.922. The molecule has 2 aliphatic rings. The fourth-order valence-electron chi connectivity index (χ4n) is 3.04. The van der Waals surface area contributed by atoms with Crippen LogP contribution in [0.5, 0.6) is 0 Å². The van der Waals surface area contributed by atoms with Crippen molar-refractivity contribution in [2.45, 2.75) is 18.6 Å². The number of likely N-dealkylation sites (tertiary alicyclic amines) is 1. The molecule has 2 atom stereocenters. The first-order valence-electron chi connectivity index (χ1n) is 6.47. The van der Waals surface area contributed by atoms with Crippen molar-refractivity contribution in [2.75, 3.05) is 13.6 Å². The number of nitrogens with zero attached hydrogens (tertiary/aromatic N) is 3. The van der Waals surface area contributed by atoms with Gasteiger partial charge in [0.1, 0.15) is 0 Å². The Labute approximate surface area is 110 Å². The highest BCUT2D eigenvalue weighted by Crippen LogP contribution is 2.27. The predicted molar refractivity (Wildman–Crippen MR) is 70.2 cm³/mol. The molecule has 98 valence electrons. The average molecular weight is 257 g/mol. The smallest absolute Gasteiger partial charge is 0.288 e. The van der Waals surface area contributed by atoms with Crippen molar-refractivity contribution < 1.29 is 4.79 Å². The number of aromatic amines is 1. The molecule has 1 amide bonds. The second-order valence-electron chi connectivity index (χ2n) is 5.27. The van der Waals surface area contributed by atoms with Gasteiger partial charge in [0, 0.05) is 18.4 Å². The lowest BCUT2D eigenvalue weighted by Gasteiger charge is -2.32. The number of nitrogens with one attached hydrogen (secondary N) is 2. The molecule has 0 saturated carbocycles. The second-order valence-corrected chi connectivity index (χ2v) is 5.27. The summed E-state index contributed by atoms with van der Waals surface area (Å²) >= 11 is 0. The van der Waals surface area contributed by atoms with Gasteiger partial charge in [-0.15, -0.1) is 0 Å². The molecule has 0 radical (unpaired) electrons. The van der Waals surface area contributed by atoms with E-state index in [4.69, 9.17) is 0 Å². The molecule has 1 aromatic carbocycles. The Balaban J connectivity index is 1.68. The Morgan fingerprint density at radius 3 is 3.00 bits per heavy atom. The van der Waals surface area contributed by atoms with Crippen molar-refractivity contribution in [3.63, 3.8) is 0 Å². The molecule has 6 nitrogen and oxygen atoms in total. The van der Waals surface area contributed by atoms with Crippen LogP contribution in [0, 0.1) is 0 Å². The Hall–Kier alpha value is -1.92. The van der Waals surface area contributed by atoms with Gasteiger partial charge < -0.3 is 0 Å². The van der Waals surface area contributed by atoms with Gasteiger partial charge in [-0.25, -0.2) is 5.43 Å². The minimum atomic E-state index is -0.0435. The van der Waals surface area contributed by atoms with Gasteiger partial charge in [0.25, 0.3) is 5.91 Å². The lowest BCUT2D eigenvalue weighted by Crippen LogP contribution is -2.55. The highest BCUT2D eigenvalue weighted by Gasteiger charge is 2.44. The number of hydrazine groups is 1. The summed E-state index contributed by atoms with van der Waals surface area (Å²) in [6, 6.07) is 7.95. The van der Waals surface area contributed by atoms with Crippen molar-refractivity contribution in [1.29, 1.82) is 0 Å². The summed E-state index contributed by atoms with van der Waals surface area (Å²) in [7, 11) is 2.07. The second kappa shape index (κ2) is 3.79. The number of benzene rings is 1. The first-order valence-corrected chi connectivity index (χ1v) is 6.47. The van der Waals surface area contributed by atoms with E-state index in [9.17, 15) is 4.79 Å². The number of aromatic nitrogens is 2. The minimum absolute atomic E-state index is 0.0435. The SMILES string of the molecule is CN1C[C@@H]2C[C@H]1NN2C(=O)c1n[nH]c2ccccc12. The summed E-state index contributed by atoms with van der Waals surface area (Å²) in [4.78, 5) is 14.8. The van der Waals surface area contributed by atoms with Crippen molar-refractivity contribution in [1.82, 2.24) is 25.5 Å². The molecule has 0 unspecified atom stereocenters. The standard InChI is InChI=1S/C13H15N5O/c1-17-7-8-6-11(17)16-18(8)13(19)12-9-4-2-3-5-10(9)14-15-12/h2-5,8,11,16H,6-7H2,1H3,(H,14,15)/t8-,11-/m0/s1. The first kappa shape index (κ1) is 11.0. The van der Waals surface area contributed by atoms with Gasteiger partial charge in [-0.2, -0.15) is 5.10 Å². The Bertz CT molecular complexity index is 649. The molecule has 3 heterocycles. The molecule has 1 aromatic heterocycles. The number of fused-ring (bicyclic) bond motifs is 3. The third kappa shape index (κ3) is 1.50. The number of para-hydroxylation sites is 1. The number of carbonyl (C=O) groups is 1. The molecule has 2 aliphatic heterocycles. The van der Waals surface area contributed by atoms with Crippen LogP contribution in [-0.2, 0) is 0 Å². The molecule has 6 heteroatoms. The van der Waals surface area contributed by atoms with Gasteiger partial charge in [0.05, 0.1) is 17.7 Å². The maximum atomic E-state index is 12.6. The van der Waals surface area contributed by atoms with Crippen LogP contribution >= 0.6 is 0 Å². The first-order chi connectivity index (χ1) is 9.24. The van der Waals surface area contributed by atoms with Crippen LogP contribution in [0.4, 0.5) is 0 Å². The predicted octanol–water partition coefficient (Wildman–Crippen LogP) is 0.553. The zero-order valence-corrected chi connectivity index (χ0v) is 10.6. The zero-order chi connectivity index (χ0) is 13.0. The number of rotatable bonds is 1. The molecular formula is C13H15N5O. The maximum Gasteiger partial charge on any atom is 0.289 e. The average Bonchev–Trinajstić information content (AvgIpc) is 3.10. The van der Waals surface area contributed by atoms with E-state index in [1.165, 1.54) is 0 Å². The van der Waals surface area contributed by atoms with E-state index in [-0.39, 0.29) is 18.1 Å². The van der Waals surface area contributed by atoms with E-state index >= 15 is 0 Å². The quantitative estimate of drug-likeness (QED) is 0.783. The molecule has 19 heavy (non-hydrogen) atoms. The summed E-state index contributed by atoms with van der Waals surface area (Å²) in [6.07, 6.45) is 1.27. The normalized spacial score (nSPS) is 26.5. The molecule has 2 N–H and O–H groups in total. The molecular weight excluding hydrogens is 242 g/mol. The van der Waals surface area contributed by atoms with Gasteiger partial charge >= 0.3 is 0 Å². The summed E-state index contributed by atoms with van der Waals surface area (Å²) in [5.41, 5.74) is 4.64. The van der Waals surface area contributed by atoms with Gasteiger partial charge in [-0.1, -0.05) is 18.2 Å². The third-order valence-corrected chi connectivity index (χ3v) is 4.07. The number of hydrogen-bond donors (Lipinski definition) is 2. The highest BCUT2D eigenvalue weighted by atomic mass is 16.2. The molecule has 4 rings (SSSR count). The molecule has 2 aromatic rings. The fraction of sp³-hybridized carbons (Fsp3) is 0.385. The fourth-order valence-corrected chi connectivity index (χ4v) is 3.04. The molecule has 0 aliphatic carbocycles. The number of hydrogen-bond acceptors (Lipinski definition) is 4. The van der Waals surface area contributed by atoms with Crippen LogP contribution in [0.1, 0.15) is 16.9 Å². The summed E-state index contributed by atoms with van der Waals surface area (Å²) in [5.74, 6) is -0.0435. The van der Waals surface area contributed by atoms with Crippen LogP contribution in [0.25, 0.3) is 10.9 Å². The Morgan fingerprint density at radius 2 is 2.26 bits per heavy atom. The topological polar surface area (TPSA) is 64.3 Å². The molecule has 0 spiro atoms. The molecule has 2 bridgehead atoms. The number of likely N-dealkylation sites (N-methyl/N-ethyl adjacent to an activating group) is 1. The van der Waals surface area contributed by atoms with Gasteiger partial charge in [-0.3, -0.25) is 19.8 Å². The lowest BCUT2D eigenvalue weighted by molar-refractivity contribution is 0.0432. The van der Waals surface area contributed by atoms with Gasteiger partial charge in [-0.05, 0) is 13.1 Å². The molecule has 2 saturated heterocycles. The minimum Gasteiger partial charge on any atom is -0.288 e. The van der Waals surface area contributed by atoms with Crippen LogP contribution in [0.3, 0.4) is 0 Å². The number of H-pyrrole nitrogens is 1. The largest absolute Gasteiger partial charge is 0.289 e. The molecule has 2 fully saturated rings. The van der Waals surface area contributed by atoms with E-state index in [2.05, 4.69) is 27.6 Å². The lowest BCUT2D eigenvalue weighted by atomic mass is 10.2. The van der Waals surface area contributed by atoms with Crippen LogP contribution in [0.2, 0.25) is 0 Å². The van der Waals surface area contributed by atoms with Crippen molar-refractivity contribution in [3.8, 4) is 0 Å². The van der Waals surface area contributed by atoms with E-state index in [0.717, 1.165) is 23.9 Å². The van der Waals surface area contributed by atoms with Crippen molar-refractivity contribution in [2.24, 2.45) is 0 Å². The van der Waals surface area contributed by atoms with E-state index < -0.39 is 0 Å².